The van der Waals surface area contributed by atoms with E-state index in [4.69, 9.17) is 19.0 Å². The number of nitrogens with zero attached hydrogens (tertiary/aromatic N) is 2. The van der Waals surface area contributed by atoms with Crippen LogP contribution in [0.15, 0.2) is 47.5 Å². The molecular formula is C32H42BN3O4. The molecular weight excluding hydrogens is 501 g/mol. The molecule has 0 bridgehead atoms. The third kappa shape index (κ3) is 5.05. The van der Waals surface area contributed by atoms with Gasteiger partial charge in [-0.25, -0.2) is 9.78 Å². The number of hydrogen-bond acceptors (Lipinski definition) is 5. The first-order valence-corrected chi connectivity index (χ1v) is 14.8. The summed E-state index contributed by atoms with van der Waals surface area (Å²) in [5, 5.41) is 0. The fourth-order valence-electron chi connectivity index (χ4n) is 6.22. The second kappa shape index (κ2) is 9.62. The predicted octanol–water partition coefficient (Wildman–Crippen LogP) is 7.32. The van der Waals surface area contributed by atoms with Crippen LogP contribution >= 0.6 is 0 Å². The van der Waals surface area contributed by atoms with Gasteiger partial charge in [-0.1, -0.05) is 24.3 Å². The Kier molecular flexibility index (Phi) is 6.58. The molecule has 1 amide bonds. The quantitative estimate of drug-likeness (QED) is 0.411. The predicted molar refractivity (Wildman–Crippen MR) is 159 cm³/mol. The van der Waals surface area contributed by atoms with E-state index in [0.717, 1.165) is 49.0 Å². The molecule has 1 unspecified atom stereocenters. The summed E-state index contributed by atoms with van der Waals surface area (Å²) in [6.07, 6.45) is 11.5. The molecule has 7 nitrogen and oxygen atoms in total. The molecule has 212 valence electrons. The van der Waals surface area contributed by atoms with Crippen LogP contribution in [0, 0.1) is 5.92 Å². The summed E-state index contributed by atoms with van der Waals surface area (Å²) in [7, 11) is -0.264. The van der Waals surface area contributed by atoms with Gasteiger partial charge in [0.25, 0.3) is 0 Å². The zero-order valence-corrected chi connectivity index (χ0v) is 25.0. The molecule has 0 spiro atoms. The maximum absolute atomic E-state index is 12.8. The number of aromatic amines is 1. The van der Waals surface area contributed by atoms with Crippen LogP contribution in [0.5, 0.6) is 0 Å². The molecule has 1 N–H and O–H groups in total. The Balaban J connectivity index is 1.20. The molecule has 1 aromatic carbocycles. The van der Waals surface area contributed by atoms with E-state index >= 15 is 0 Å². The van der Waals surface area contributed by atoms with Crippen LogP contribution < -0.4 is 0 Å². The van der Waals surface area contributed by atoms with Crippen LogP contribution in [-0.4, -0.2) is 51.4 Å². The minimum Gasteiger partial charge on any atom is -0.444 e. The lowest BCUT2D eigenvalue weighted by molar-refractivity contribution is 0.00578. The van der Waals surface area contributed by atoms with Gasteiger partial charge >= 0.3 is 13.2 Å². The Bertz CT molecular complexity index is 1410. The summed E-state index contributed by atoms with van der Waals surface area (Å²) in [5.74, 6) is 1.34. The molecule has 2 aliphatic heterocycles. The third-order valence-corrected chi connectivity index (χ3v) is 9.17. The minimum atomic E-state index is -0.517. The lowest BCUT2D eigenvalue weighted by atomic mass is 9.67. The number of amides is 1. The summed E-state index contributed by atoms with van der Waals surface area (Å²) < 4.78 is 18.3. The molecule has 8 heteroatoms. The maximum atomic E-state index is 12.8. The number of imidazole rings is 1. The van der Waals surface area contributed by atoms with Gasteiger partial charge in [0.2, 0.25) is 0 Å². The molecule has 6 rings (SSSR count). The number of hydrogen-bond donors (Lipinski definition) is 1. The van der Waals surface area contributed by atoms with Gasteiger partial charge in [-0.3, -0.25) is 4.90 Å². The monoisotopic (exact) mass is 543 g/mol. The van der Waals surface area contributed by atoms with Crippen molar-refractivity contribution in [3.05, 3.63) is 58.9 Å². The number of nitrogens with one attached hydrogen (secondary N) is 1. The Hall–Kier alpha value is -2.84. The van der Waals surface area contributed by atoms with Crippen LogP contribution in [0.3, 0.4) is 0 Å². The number of rotatable bonds is 3. The Morgan fingerprint density at radius 2 is 1.88 bits per heavy atom. The highest BCUT2D eigenvalue weighted by atomic mass is 16.7. The lowest BCUT2D eigenvalue weighted by Gasteiger charge is -2.32. The second-order valence-electron chi connectivity index (χ2n) is 13.8. The summed E-state index contributed by atoms with van der Waals surface area (Å²) >= 11 is 0. The van der Waals surface area contributed by atoms with E-state index < -0.39 is 5.60 Å². The van der Waals surface area contributed by atoms with Gasteiger partial charge in [-0.15, -0.1) is 0 Å². The SMILES string of the molecule is CC(C)(C)OC(=O)N1CCC[C@H]1c1nc2ccc(C3=CC=C4C=C(B5OC(C)(C)C(C)(C)O5)CCC4C3)cc2[nH]1. The van der Waals surface area contributed by atoms with Crippen molar-refractivity contribution in [3.8, 4) is 0 Å². The van der Waals surface area contributed by atoms with Crippen LogP contribution in [0.4, 0.5) is 4.79 Å². The van der Waals surface area contributed by atoms with Gasteiger partial charge < -0.3 is 19.0 Å². The number of ether oxygens (including phenoxy) is 1. The van der Waals surface area contributed by atoms with E-state index in [1.165, 1.54) is 22.2 Å². The maximum Gasteiger partial charge on any atom is 0.490 e. The number of carbonyl (C=O) groups is 1. The fraction of sp³-hybridized carbons (Fsp3) is 0.562. The summed E-state index contributed by atoms with van der Waals surface area (Å²) in [6.45, 7) is 14.8. The van der Waals surface area contributed by atoms with Crippen molar-refractivity contribution in [2.24, 2.45) is 5.92 Å². The van der Waals surface area contributed by atoms with E-state index in [0.29, 0.717) is 12.5 Å². The van der Waals surface area contributed by atoms with Crippen molar-refractivity contribution in [1.29, 1.82) is 0 Å². The number of aromatic nitrogens is 2. The van der Waals surface area contributed by atoms with Gasteiger partial charge in [0.1, 0.15) is 11.4 Å². The second-order valence-corrected chi connectivity index (χ2v) is 13.8. The summed E-state index contributed by atoms with van der Waals surface area (Å²) in [6, 6.07) is 6.39. The third-order valence-electron chi connectivity index (χ3n) is 9.17. The fourth-order valence-corrected chi connectivity index (χ4v) is 6.22. The van der Waals surface area contributed by atoms with Crippen molar-refractivity contribution in [2.75, 3.05) is 6.54 Å². The summed E-state index contributed by atoms with van der Waals surface area (Å²) in [5.41, 5.74) is 5.95. The average Bonchev–Trinajstić information content (AvgIpc) is 3.57. The molecule has 2 saturated heterocycles. The topological polar surface area (TPSA) is 76.7 Å². The van der Waals surface area contributed by atoms with E-state index in [9.17, 15) is 4.79 Å². The molecule has 40 heavy (non-hydrogen) atoms. The zero-order valence-electron chi connectivity index (χ0n) is 25.0. The number of allylic oxidation sites excluding steroid dienone is 6. The highest BCUT2D eigenvalue weighted by Crippen LogP contribution is 2.44. The minimum absolute atomic E-state index is 0.0858. The largest absolute Gasteiger partial charge is 0.490 e. The van der Waals surface area contributed by atoms with E-state index in [1.807, 2.05) is 25.7 Å². The number of likely N-dealkylation sites (tertiary alicyclic amines) is 1. The Morgan fingerprint density at radius 1 is 1.12 bits per heavy atom. The van der Waals surface area contributed by atoms with Gasteiger partial charge in [0.15, 0.2) is 0 Å². The smallest absolute Gasteiger partial charge is 0.444 e. The first-order valence-electron chi connectivity index (χ1n) is 14.8. The first-order chi connectivity index (χ1) is 18.8. The van der Waals surface area contributed by atoms with Crippen molar-refractivity contribution in [3.63, 3.8) is 0 Å². The Labute approximate surface area is 238 Å². The molecule has 2 aliphatic carbocycles. The average molecular weight is 544 g/mol. The van der Waals surface area contributed by atoms with Crippen molar-refractivity contribution < 1.29 is 18.8 Å². The molecule has 0 radical (unpaired) electrons. The van der Waals surface area contributed by atoms with Gasteiger partial charge in [0, 0.05) is 6.54 Å². The van der Waals surface area contributed by atoms with E-state index in [2.05, 4.69) is 69.1 Å². The molecule has 4 aliphatic rings. The standard InChI is InChI=1S/C32H42BN3O4/c1-30(2,3)38-29(37)36-16-8-9-27(36)28-34-25-15-13-23(19-26(25)35-28)20-10-11-22-18-24(14-12-21(22)17-20)33-39-31(4,5)32(6,7)40-33/h10-11,13,15,18-19,21,27H,8-9,12,14,16-17H2,1-7H3,(H,34,35)/t21?,27-/m0/s1. The number of benzene rings is 1. The molecule has 0 saturated carbocycles. The Morgan fingerprint density at radius 3 is 2.60 bits per heavy atom. The molecule has 3 heterocycles. The zero-order chi connectivity index (χ0) is 28.4. The highest BCUT2D eigenvalue weighted by Gasteiger charge is 2.52. The van der Waals surface area contributed by atoms with Gasteiger partial charge in [0.05, 0.1) is 28.3 Å². The molecule has 1 aromatic heterocycles. The van der Waals surface area contributed by atoms with Crippen molar-refractivity contribution >= 4 is 29.8 Å². The summed E-state index contributed by atoms with van der Waals surface area (Å²) in [4.78, 5) is 23.0. The normalized spacial score (nSPS) is 25.9. The first kappa shape index (κ1) is 27.3. The lowest BCUT2D eigenvalue weighted by Crippen LogP contribution is -2.41. The van der Waals surface area contributed by atoms with Gasteiger partial charge in [-0.05, 0) is 121 Å². The van der Waals surface area contributed by atoms with E-state index in [1.54, 1.807) is 0 Å². The van der Waals surface area contributed by atoms with Gasteiger partial charge in [-0.2, -0.15) is 0 Å². The highest BCUT2D eigenvalue weighted by molar-refractivity contribution is 6.54. The van der Waals surface area contributed by atoms with Crippen LogP contribution in [-0.2, 0) is 14.0 Å². The number of carbonyl (C=O) groups excluding carboxylic acids is 1. The van der Waals surface area contributed by atoms with Crippen LogP contribution in [0.1, 0.15) is 98.0 Å². The van der Waals surface area contributed by atoms with Crippen LogP contribution in [0.2, 0.25) is 0 Å². The number of fused-ring (bicyclic) bond motifs is 2. The van der Waals surface area contributed by atoms with Crippen LogP contribution in [0.25, 0.3) is 16.6 Å². The van der Waals surface area contributed by atoms with Crippen molar-refractivity contribution in [2.45, 2.75) is 103 Å². The molecule has 2 aromatic rings. The molecule has 2 fully saturated rings. The number of H-pyrrole nitrogens is 1. The van der Waals surface area contributed by atoms with E-state index in [-0.39, 0.29) is 30.5 Å². The van der Waals surface area contributed by atoms with Crippen molar-refractivity contribution in [1.82, 2.24) is 14.9 Å². The molecule has 2 atom stereocenters.